The van der Waals surface area contributed by atoms with E-state index >= 15 is 0 Å². The van der Waals surface area contributed by atoms with Crippen molar-refractivity contribution in [1.29, 1.82) is 0 Å². The number of amides is 2. The van der Waals surface area contributed by atoms with Crippen LogP contribution in [0.5, 0.6) is 11.5 Å². The molecule has 1 aliphatic rings. The number of hydrogen-bond donors (Lipinski definition) is 1. The maximum Gasteiger partial charge on any atom is 0.257 e. The topological polar surface area (TPSA) is 80.8 Å². The minimum absolute atomic E-state index is 0.0724. The molecule has 1 saturated carbocycles. The van der Waals surface area contributed by atoms with Crippen molar-refractivity contribution in [2.24, 2.45) is 0 Å². The Morgan fingerprint density at radius 3 is 2.64 bits per heavy atom. The first-order valence-corrected chi connectivity index (χ1v) is 9.30. The van der Waals surface area contributed by atoms with Gasteiger partial charge in [-0.25, -0.2) is 0 Å². The highest BCUT2D eigenvalue weighted by molar-refractivity contribution is 5.95. The summed E-state index contributed by atoms with van der Waals surface area (Å²) in [6.45, 7) is 1.88. The van der Waals surface area contributed by atoms with Gasteiger partial charge < -0.3 is 19.7 Å². The Bertz CT molecular complexity index is 837. The lowest BCUT2D eigenvalue weighted by atomic mass is 10.1. The largest absolute Gasteiger partial charge is 0.493 e. The fraction of sp³-hybridized carbons (Fsp3) is 0.381. The van der Waals surface area contributed by atoms with Crippen LogP contribution in [0.4, 0.5) is 0 Å². The van der Waals surface area contributed by atoms with Gasteiger partial charge in [0.2, 0.25) is 0 Å². The van der Waals surface area contributed by atoms with E-state index in [1.165, 1.54) is 7.11 Å². The number of carbonyl (C=O) groups is 2. The molecule has 1 N–H and O–H groups in total. The molecule has 0 bridgehead atoms. The molecule has 7 nitrogen and oxygen atoms in total. The van der Waals surface area contributed by atoms with Crippen LogP contribution in [-0.2, 0) is 4.79 Å². The van der Waals surface area contributed by atoms with E-state index in [1.807, 2.05) is 30.0 Å². The normalized spacial score (nSPS) is 14.1. The molecule has 0 aliphatic heterocycles. The van der Waals surface area contributed by atoms with Gasteiger partial charge in [0.05, 0.1) is 18.8 Å². The molecule has 2 aromatic rings. The summed E-state index contributed by atoms with van der Waals surface area (Å²) in [6, 6.07) is 10.8. The predicted molar refractivity (Wildman–Crippen MR) is 104 cm³/mol. The molecule has 28 heavy (non-hydrogen) atoms. The number of rotatable bonds is 8. The number of hydrogen-bond acceptors (Lipinski definition) is 5. The van der Waals surface area contributed by atoms with Gasteiger partial charge in [0.15, 0.2) is 18.1 Å². The van der Waals surface area contributed by atoms with Crippen LogP contribution in [0.3, 0.4) is 0 Å². The fourth-order valence-electron chi connectivity index (χ4n) is 3.06. The van der Waals surface area contributed by atoms with Gasteiger partial charge in [-0.1, -0.05) is 6.07 Å². The predicted octanol–water partition coefficient (Wildman–Crippen LogP) is 2.58. The number of likely N-dealkylation sites (N-methyl/N-ethyl adjacent to an activating group) is 1. The van der Waals surface area contributed by atoms with Crippen LogP contribution >= 0.6 is 0 Å². The molecule has 2 amide bonds. The fourth-order valence-corrected chi connectivity index (χ4v) is 3.06. The van der Waals surface area contributed by atoms with Crippen LogP contribution < -0.4 is 14.8 Å². The van der Waals surface area contributed by atoms with Crippen molar-refractivity contribution < 1.29 is 19.1 Å². The second-order valence-corrected chi connectivity index (χ2v) is 6.70. The smallest absolute Gasteiger partial charge is 0.257 e. The van der Waals surface area contributed by atoms with Crippen LogP contribution in [0.2, 0.25) is 0 Å². The maximum absolute atomic E-state index is 13.3. The monoisotopic (exact) mass is 383 g/mol. The second-order valence-electron chi connectivity index (χ2n) is 6.70. The zero-order valence-electron chi connectivity index (χ0n) is 16.3. The quantitative estimate of drug-likeness (QED) is 0.758. The molecule has 1 aromatic heterocycles. The third-order valence-corrected chi connectivity index (χ3v) is 4.76. The number of ether oxygens (including phenoxy) is 2. The summed E-state index contributed by atoms with van der Waals surface area (Å²) < 4.78 is 10.8. The van der Waals surface area contributed by atoms with E-state index in [0.29, 0.717) is 17.1 Å². The number of carbonyl (C=O) groups excluding carboxylic acids is 2. The summed E-state index contributed by atoms with van der Waals surface area (Å²) in [5.41, 5.74) is 1.37. The third-order valence-electron chi connectivity index (χ3n) is 4.76. The summed E-state index contributed by atoms with van der Waals surface area (Å²) in [6.07, 6.45) is 3.73. The first-order valence-electron chi connectivity index (χ1n) is 9.30. The number of pyridine rings is 1. The summed E-state index contributed by atoms with van der Waals surface area (Å²) in [5.74, 6) is 0.512. The summed E-state index contributed by atoms with van der Waals surface area (Å²) in [4.78, 5) is 31.0. The first-order chi connectivity index (χ1) is 13.5. The summed E-state index contributed by atoms with van der Waals surface area (Å²) >= 11 is 0. The molecule has 1 heterocycles. The van der Waals surface area contributed by atoms with E-state index in [-0.39, 0.29) is 30.5 Å². The maximum atomic E-state index is 13.3. The molecule has 148 valence electrons. The Morgan fingerprint density at radius 2 is 2.04 bits per heavy atom. The SMILES string of the molecule is CNC(=O)COc1ccc(C(=O)N(C2CC2)C(C)c2ccccn2)cc1OC. The van der Waals surface area contributed by atoms with Gasteiger partial charge >= 0.3 is 0 Å². The average Bonchev–Trinajstić information content (AvgIpc) is 3.57. The van der Waals surface area contributed by atoms with Crippen molar-refractivity contribution in [2.75, 3.05) is 20.8 Å². The Balaban J connectivity index is 1.82. The van der Waals surface area contributed by atoms with Gasteiger partial charge in [-0.3, -0.25) is 14.6 Å². The molecule has 0 saturated heterocycles. The van der Waals surface area contributed by atoms with Crippen molar-refractivity contribution in [2.45, 2.75) is 31.8 Å². The lowest BCUT2D eigenvalue weighted by Crippen LogP contribution is -2.36. The lowest BCUT2D eigenvalue weighted by molar-refractivity contribution is -0.122. The van der Waals surface area contributed by atoms with E-state index in [9.17, 15) is 9.59 Å². The average molecular weight is 383 g/mol. The third kappa shape index (κ3) is 4.42. The second kappa shape index (κ2) is 8.73. The van der Waals surface area contributed by atoms with E-state index < -0.39 is 0 Å². The molecule has 0 radical (unpaired) electrons. The van der Waals surface area contributed by atoms with E-state index in [4.69, 9.17) is 9.47 Å². The molecular weight excluding hydrogens is 358 g/mol. The van der Waals surface area contributed by atoms with Crippen molar-refractivity contribution in [1.82, 2.24) is 15.2 Å². The van der Waals surface area contributed by atoms with Gasteiger partial charge in [-0.2, -0.15) is 0 Å². The van der Waals surface area contributed by atoms with Gasteiger partial charge in [0, 0.05) is 24.8 Å². The highest BCUT2D eigenvalue weighted by Crippen LogP contribution is 2.36. The van der Waals surface area contributed by atoms with Gasteiger partial charge in [0.25, 0.3) is 11.8 Å². The molecule has 1 atom stereocenters. The zero-order chi connectivity index (χ0) is 20.1. The number of nitrogens with zero attached hydrogens (tertiary/aromatic N) is 2. The molecule has 1 fully saturated rings. The number of benzene rings is 1. The van der Waals surface area contributed by atoms with Crippen molar-refractivity contribution >= 4 is 11.8 Å². The highest BCUT2D eigenvalue weighted by atomic mass is 16.5. The minimum atomic E-state index is -0.244. The zero-order valence-corrected chi connectivity index (χ0v) is 16.3. The number of methoxy groups -OCH3 is 1. The van der Waals surface area contributed by atoms with Gasteiger partial charge in [0.1, 0.15) is 0 Å². The highest BCUT2D eigenvalue weighted by Gasteiger charge is 2.37. The standard InChI is InChI=1S/C21H25N3O4/c1-14(17-6-4-5-11-23-17)24(16-8-9-16)21(26)15-7-10-18(19(12-15)27-3)28-13-20(25)22-2/h4-7,10-12,14,16H,8-9,13H2,1-3H3,(H,22,25). The van der Waals surface area contributed by atoms with Crippen molar-refractivity contribution in [3.63, 3.8) is 0 Å². The van der Waals surface area contributed by atoms with E-state index in [2.05, 4.69) is 10.3 Å². The minimum Gasteiger partial charge on any atom is -0.493 e. The van der Waals surface area contributed by atoms with Crippen molar-refractivity contribution in [3.8, 4) is 11.5 Å². The van der Waals surface area contributed by atoms with Crippen LogP contribution in [-0.4, -0.2) is 48.5 Å². The Hall–Kier alpha value is -3.09. The van der Waals surface area contributed by atoms with Crippen LogP contribution in [0.15, 0.2) is 42.6 Å². The summed E-state index contributed by atoms with van der Waals surface area (Å²) in [7, 11) is 3.05. The number of aromatic nitrogens is 1. The van der Waals surface area contributed by atoms with Crippen LogP contribution in [0.1, 0.15) is 41.9 Å². The molecule has 3 rings (SSSR count). The molecule has 1 aliphatic carbocycles. The Morgan fingerprint density at radius 1 is 1.25 bits per heavy atom. The van der Waals surface area contributed by atoms with Crippen molar-refractivity contribution in [3.05, 3.63) is 53.9 Å². The molecule has 1 aromatic carbocycles. The molecular formula is C21H25N3O4. The summed E-state index contributed by atoms with van der Waals surface area (Å²) in [5, 5.41) is 2.49. The molecule has 0 spiro atoms. The van der Waals surface area contributed by atoms with Crippen LogP contribution in [0.25, 0.3) is 0 Å². The number of nitrogens with one attached hydrogen (secondary N) is 1. The van der Waals surface area contributed by atoms with Gasteiger partial charge in [-0.15, -0.1) is 0 Å². The molecule has 1 unspecified atom stereocenters. The van der Waals surface area contributed by atoms with E-state index in [1.54, 1.807) is 31.4 Å². The molecule has 7 heteroatoms. The van der Waals surface area contributed by atoms with E-state index in [0.717, 1.165) is 18.5 Å². The Labute approximate surface area is 164 Å². The van der Waals surface area contributed by atoms with Gasteiger partial charge in [-0.05, 0) is 50.1 Å². The Kier molecular flexibility index (Phi) is 6.13. The lowest BCUT2D eigenvalue weighted by Gasteiger charge is -2.29. The first kappa shape index (κ1) is 19.7. The van der Waals surface area contributed by atoms with Crippen LogP contribution in [0, 0.1) is 0 Å².